The summed E-state index contributed by atoms with van der Waals surface area (Å²) >= 11 is 0. The summed E-state index contributed by atoms with van der Waals surface area (Å²) in [6, 6.07) is 8.38. The van der Waals surface area contributed by atoms with Crippen LogP contribution in [0.25, 0.3) is 6.08 Å². The molecule has 0 saturated heterocycles. The molecule has 1 aromatic carbocycles. The maximum absolute atomic E-state index is 6.37. The molecule has 1 rings (SSSR count). The predicted octanol–water partition coefficient (Wildman–Crippen LogP) is 3.40. The summed E-state index contributed by atoms with van der Waals surface area (Å²) in [5.74, 6) is 0. The van der Waals surface area contributed by atoms with E-state index in [4.69, 9.17) is 13.0 Å². The minimum Gasteiger partial charge on any atom is -0.411 e. The van der Waals surface area contributed by atoms with Crippen molar-refractivity contribution in [1.29, 1.82) is 0 Å². The molecule has 3 nitrogen and oxygen atoms in total. The molecule has 0 fully saturated rings. The average Bonchev–Trinajstić information content (AvgIpc) is 2.38. The topological polar surface area (TPSA) is 27.7 Å². The summed E-state index contributed by atoms with van der Waals surface area (Å²) < 4.78 is 17.9. The maximum atomic E-state index is 6.37. The lowest BCUT2D eigenvalue weighted by Gasteiger charge is -2.34. The van der Waals surface area contributed by atoms with Gasteiger partial charge in [-0.1, -0.05) is 36.9 Å². The van der Waals surface area contributed by atoms with Crippen LogP contribution in [0.1, 0.15) is 19.4 Å². The van der Waals surface area contributed by atoms with Gasteiger partial charge in [0, 0.05) is 19.8 Å². The minimum absolute atomic E-state index is 0.614. The monoisotopic (exact) mass is 310 g/mol. The van der Waals surface area contributed by atoms with Crippen LogP contribution >= 0.6 is 0 Å². The molecule has 112 valence electrons. The lowest BCUT2D eigenvalue weighted by atomic mass is 10.2. The van der Waals surface area contributed by atoms with Gasteiger partial charge in [0.05, 0.1) is 0 Å². The molecule has 0 spiro atoms. The van der Waals surface area contributed by atoms with Gasteiger partial charge in [0.25, 0.3) is 0 Å². The summed E-state index contributed by atoms with van der Waals surface area (Å²) in [4.78, 5) is 0. The van der Waals surface area contributed by atoms with Gasteiger partial charge < -0.3 is 13.0 Å². The van der Waals surface area contributed by atoms with Crippen LogP contribution in [0.2, 0.25) is 19.6 Å². The first-order chi connectivity index (χ1) is 9.37. The average molecular weight is 311 g/mol. The Hall–Kier alpha value is -0.726. The lowest BCUT2D eigenvalue weighted by Crippen LogP contribution is -2.56. The van der Waals surface area contributed by atoms with Crippen LogP contribution in [-0.4, -0.2) is 30.3 Å². The molecule has 0 aromatic heterocycles. The summed E-state index contributed by atoms with van der Waals surface area (Å²) in [6.07, 6.45) is 1.85. The molecule has 0 saturated carbocycles. The molecule has 0 unspecified atom stereocenters. The van der Waals surface area contributed by atoms with Crippen LogP contribution in [-0.2, 0) is 13.0 Å². The highest BCUT2D eigenvalue weighted by Gasteiger charge is 2.41. The molecule has 0 radical (unpaired) electrons. The lowest BCUT2D eigenvalue weighted by molar-refractivity contribution is 0.122. The van der Waals surface area contributed by atoms with E-state index < -0.39 is 17.1 Å². The highest BCUT2D eigenvalue weighted by molar-refractivity contribution is 6.90. The molecule has 5 heteroatoms. The van der Waals surface area contributed by atoms with Gasteiger partial charge in [-0.15, -0.1) is 0 Å². The summed E-state index contributed by atoms with van der Waals surface area (Å²) in [5, 5.41) is 1.24. The van der Waals surface area contributed by atoms with Gasteiger partial charge in [0.1, 0.15) is 0 Å². The van der Waals surface area contributed by atoms with Gasteiger partial charge in [-0.2, -0.15) is 0 Å². The summed E-state index contributed by atoms with van der Waals surface area (Å²) in [5.41, 5.74) is 1.12. The van der Waals surface area contributed by atoms with Crippen molar-refractivity contribution in [2.75, 3.05) is 13.2 Å². The van der Waals surface area contributed by atoms with E-state index in [2.05, 4.69) is 43.9 Å². The first-order valence-corrected chi connectivity index (χ1v) is 12.2. The summed E-state index contributed by atoms with van der Waals surface area (Å²) in [7, 11) is -4.60. The van der Waals surface area contributed by atoms with Crippen molar-refractivity contribution in [2.24, 2.45) is 0 Å². The molecule has 0 aliphatic rings. The van der Waals surface area contributed by atoms with Crippen LogP contribution in [0.3, 0.4) is 0 Å². The molecule has 0 amide bonds. The molecule has 0 N–H and O–H groups in total. The van der Waals surface area contributed by atoms with Gasteiger partial charge in [0.15, 0.2) is 0 Å². The molecule has 1 aromatic rings. The fourth-order valence-corrected chi connectivity index (χ4v) is 8.92. The van der Waals surface area contributed by atoms with E-state index in [0.29, 0.717) is 13.2 Å². The van der Waals surface area contributed by atoms with Gasteiger partial charge in [-0.3, -0.25) is 0 Å². The molecular formula is C15H26O3Si2. The summed E-state index contributed by atoms with van der Waals surface area (Å²) in [6.45, 7) is 15.3. The second kappa shape index (κ2) is 7.33. The highest BCUT2D eigenvalue weighted by atomic mass is 28.5. The number of hydrogen-bond donors (Lipinski definition) is 0. The molecule has 0 atom stereocenters. The zero-order valence-electron chi connectivity index (χ0n) is 13.2. The van der Waals surface area contributed by atoms with Crippen LogP contribution < -0.4 is 5.19 Å². The van der Waals surface area contributed by atoms with E-state index in [1.165, 1.54) is 5.19 Å². The third-order valence-electron chi connectivity index (χ3n) is 3.10. The zero-order chi connectivity index (χ0) is 15.2. The maximum Gasteiger partial charge on any atom is 0.487 e. The van der Waals surface area contributed by atoms with E-state index in [9.17, 15) is 0 Å². The van der Waals surface area contributed by atoms with Gasteiger partial charge in [0.2, 0.25) is 8.32 Å². The van der Waals surface area contributed by atoms with Crippen molar-refractivity contribution in [1.82, 2.24) is 0 Å². The SMILES string of the molecule is C=Cc1ccc([Si](C)(C)O[Si](C)(OCC)OCC)cc1. The standard InChI is InChI=1S/C15H26O3Si2/c1-7-14-10-12-15(13-11-14)19(4,5)18-20(6,16-8-2)17-9-3/h7,10-13H,1,8-9H2,2-6H3. The molecule has 0 aliphatic carbocycles. The van der Waals surface area contributed by atoms with Crippen LogP contribution in [0, 0.1) is 0 Å². The Kier molecular flexibility index (Phi) is 6.35. The number of benzene rings is 1. The normalized spacial score (nSPS) is 12.4. The fourth-order valence-electron chi connectivity index (χ4n) is 2.17. The second-order valence-electron chi connectivity index (χ2n) is 5.17. The quantitative estimate of drug-likeness (QED) is 0.689. The van der Waals surface area contributed by atoms with Crippen molar-refractivity contribution in [3.8, 4) is 0 Å². The van der Waals surface area contributed by atoms with Crippen LogP contribution in [0.15, 0.2) is 30.8 Å². The Morgan fingerprint density at radius 1 is 1.00 bits per heavy atom. The molecule has 0 bridgehead atoms. The molecule has 0 heterocycles. The van der Waals surface area contributed by atoms with E-state index in [-0.39, 0.29) is 0 Å². The fraction of sp³-hybridized carbons (Fsp3) is 0.467. The van der Waals surface area contributed by atoms with Crippen LogP contribution in [0.5, 0.6) is 0 Å². The van der Waals surface area contributed by atoms with E-state index >= 15 is 0 Å². The van der Waals surface area contributed by atoms with Gasteiger partial charge in [-0.25, -0.2) is 0 Å². The smallest absolute Gasteiger partial charge is 0.411 e. The van der Waals surface area contributed by atoms with Crippen LogP contribution in [0.4, 0.5) is 0 Å². The predicted molar refractivity (Wildman–Crippen MR) is 89.6 cm³/mol. The third kappa shape index (κ3) is 4.68. The Balaban J connectivity index is 2.92. The third-order valence-corrected chi connectivity index (χ3v) is 9.97. The molecular weight excluding hydrogens is 284 g/mol. The van der Waals surface area contributed by atoms with Crippen molar-refractivity contribution < 1.29 is 13.0 Å². The molecule has 0 aliphatic heterocycles. The van der Waals surface area contributed by atoms with Crippen molar-refractivity contribution in [2.45, 2.75) is 33.5 Å². The number of rotatable bonds is 8. The van der Waals surface area contributed by atoms with Gasteiger partial charge in [-0.05, 0) is 37.7 Å². The minimum atomic E-state index is -2.55. The van der Waals surface area contributed by atoms with E-state index in [0.717, 1.165) is 5.56 Å². The Morgan fingerprint density at radius 3 is 1.90 bits per heavy atom. The molecule has 20 heavy (non-hydrogen) atoms. The zero-order valence-corrected chi connectivity index (χ0v) is 15.2. The highest BCUT2D eigenvalue weighted by Crippen LogP contribution is 2.17. The Bertz CT molecular complexity index is 423. The first kappa shape index (κ1) is 17.3. The Morgan fingerprint density at radius 2 is 1.50 bits per heavy atom. The van der Waals surface area contributed by atoms with Crippen molar-refractivity contribution >= 4 is 28.4 Å². The van der Waals surface area contributed by atoms with Gasteiger partial charge >= 0.3 is 8.80 Å². The second-order valence-corrected chi connectivity index (χ2v) is 11.9. The van der Waals surface area contributed by atoms with Crippen molar-refractivity contribution in [3.05, 3.63) is 36.4 Å². The van der Waals surface area contributed by atoms with E-state index in [1.807, 2.05) is 26.5 Å². The Labute approximate surface area is 125 Å². The van der Waals surface area contributed by atoms with Crippen molar-refractivity contribution in [3.63, 3.8) is 0 Å². The number of hydrogen-bond acceptors (Lipinski definition) is 3. The van der Waals surface area contributed by atoms with E-state index in [1.54, 1.807) is 0 Å². The largest absolute Gasteiger partial charge is 0.487 e. The first-order valence-electron chi connectivity index (χ1n) is 7.08.